The first-order chi connectivity index (χ1) is 19.8. The Balaban J connectivity index is 1.49. The van der Waals surface area contributed by atoms with Gasteiger partial charge in [0.1, 0.15) is 18.0 Å². The number of hydrogen-bond acceptors (Lipinski definition) is 5. The molecule has 3 aromatic rings. The Bertz CT molecular complexity index is 1460. The number of hydrazine groups is 1. The Hall–Kier alpha value is -4.52. The number of carbonyl (C=O) groups is 3. The molecule has 2 aliphatic rings. The van der Waals surface area contributed by atoms with E-state index in [0.717, 1.165) is 16.7 Å². The number of carbonyl (C=O) groups excluding carboxylic acids is 3. The number of rotatable bonds is 7. The molecule has 0 aliphatic carbocycles. The lowest BCUT2D eigenvalue weighted by molar-refractivity contribution is -0.189. The van der Waals surface area contributed by atoms with Gasteiger partial charge in [-0.05, 0) is 41.0 Å². The summed E-state index contributed by atoms with van der Waals surface area (Å²) in [6.45, 7) is 0.511. The molecule has 2 N–H and O–H groups in total. The molecule has 10 heteroatoms. The SMILES string of the molecule is C#CCN1CC(=O)N2[C@@H](Cc3ccc(O)cc3)C(=O)N(Cc3cccc(Cl)c3)C[C@@H]2N1C(=O)NCc1ccccc1. The molecule has 0 saturated carbocycles. The van der Waals surface area contributed by atoms with E-state index in [0.29, 0.717) is 5.02 Å². The van der Waals surface area contributed by atoms with Crippen LogP contribution in [0, 0.1) is 12.3 Å². The summed E-state index contributed by atoms with van der Waals surface area (Å²) >= 11 is 6.22. The minimum Gasteiger partial charge on any atom is -0.508 e. The van der Waals surface area contributed by atoms with Crippen molar-refractivity contribution in [3.63, 3.8) is 0 Å². The van der Waals surface area contributed by atoms with Gasteiger partial charge < -0.3 is 20.2 Å². The van der Waals surface area contributed by atoms with Gasteiger partial charge in [-0.15, -0.1) is 6.42 Å². The number of phenols is 1. The van der Waals surface area contributed by atoms with Crippen LogP contribution in [0.2, 0.25) is 5.02 Å². The fourth-order valence-corrected chi connectivity index (χ4v) is 5.56. The van der Waals surface area contributed by atoms with Crippen LogP contribution in [0.25, 0.3) is 0 Å². The van der Waals surface area contributed by atoms with E-state index in [-0.39, 0.29) is 56.7 Å². The number of terminal acetylenes is 1. The van der Waals surface area contributed by atoms with Gasteiger partial charge in [0.05, 0.1) is 19.6 Å². The molecule has 2 aliphatic heterocycles. The molecular formula is C31H30ClN5O4. The lowest BCUT2D eigenvalue weighted by Gasteiger charge is -2.55. The normalized spacial score (nSPS) is 19.1. The summed E-state index contributed by atoms with van der Waals surface area (Å²) in [5.74, 6) is 2.12. The molecule has 0 bridgehead atoms. The van der Waals surface area contributed by atoms with Gasteiger partial charge in [-0.25, -0.2) is 9.80 Å². The maximum atomic E-state index is 14.0. The zero-order valence-corrected chi connectivity index (χ0v) is 23.1. The molecule has 9 nitrogen and oxygen atoms in total. The lowest BCUT2D eigenvalue weighted by Crippen LogP contribution is -2.76. The van der Waals surface area contributed by atoms with E-state index in [2.05, 4.69) is 11.2 Å². The number of halogens is 1. The van der Waals surface area contributed by atoms with Crippen LogP contribution in [-0.2, 0) is 29.1 Å². The molecule has 3 aromatic carbocycles. The van der Waals surface area contributed by atoms with Gasteiger partial charge in [-0.1, -0.05) is 72.1 Å². The molecule has 0 radical (unpaired) electrons. The smallest absolute Gasteiger partial charge is 0.334 e. The first-order valence-corrected chi connectivity index (χ1v) is 13.6. The highest BCUT2D eigenvalue weighted by Gasteiger charge is 2.51. The van der Waals surface area contributed by atoms with Crippen LogP contribution in [-0.4, -0.2) is 74.6 Å². The molecule has 2 atom stereocenters. The van der Waals surface area contributed by atoms with Gasteiger partial charge >= 0.3 is 6.03 Å². The Morgan fingerprint density at radius 3 is 2.44 bits per heavy atom. The highest BCUT2D eigenvalue weighted by Crippen LogP contribution is 2.30. The zero-order chi connectivity index (χ0) is 28.9. The van der Waals surface area contributed by atoms with Crippen molar-refractivity contribution < 1.29 is 19.5 Å². The number of fused-ring (bicyclic) bond motifs is 1. The van der Waals surface area contributed by atoms with Gasteiger partial charge in [0, 0.05) is 24.5 Å². The average Bonchev–Trinajstić information content (AvgIpc) is 2.96. The number of urea groups is 1. The Kier molecular flexibility index (Phi) is 8.43. The maximum absolute atomic E-state index is 14.0. The highest BCUT2D eigenvalue weighted by atomic mass is 35.5. The second kappa shape index (κ2) is 12.3. The molecule has 41 heavy (non-hydrogen) atoms. The van der Waals surface area contributed by atoms with E-state index < -0.39 is 18.2 Å². The summed E-state index contributed by atoms with van der Waals surface area (Å²) < 4.78 is 0. The maximum Gasteiger partial charge on any atom is 0.334 e. The van der Waals surface area contributed by atoms with Crippen LogP contribution in [0.3, 0.4) is 0 Å². The third-order valence-electron chi connectivity index (χ3n) is 7.23. The first kappa shape index (κ1) is 28.0. The highest BCUT2D eigenvalue weighted by molar-refractivity contribution is 6.30. The number of nitrogens with one attached hydrogen (secondary N) is 1. The summed E-state index contributed by atoms with van der Waals surface area (Å²) in [6, 6.07) is 22.0. The monoisotopic (exact) mass is 571 g/mol. The Morgan fingerprint density at radius 1 is 1.00 bits per heavy atom. The minimum absolute atomic E-state index is 0.0414. The van der Waals surface area contributed by atoms with Crippen molar-refractivity contribution in [2.24, 2.45) is 0 Å². The third-order valence-corrected chi connectivity index (χ3v) is 7.46. The molecule has 2 saturated heterocycles. The van der Waals surface area contributed by atoms with Crippen molar-refractivity contribution >= 4 is 29.4 Å². The lowest BCUT2D eigenvalue weighted by atomic mass is 9.98. The van der Waals surface area contributed by atoms with Gasteiger partial charge in [-0.3, -0.25) is 9.59 Å². The van der Waals surface area contributed by atoms with Crippen LogP contribution in [0.4, 0.5) is 4.79 Å². The van der Waals surface area contributed by atoms with Gasteiger partial charge in [0.25, 0.3) is 0 Å². The van der Waals surface area contributed by atoms with Crippen LogP contribution < -0.4 is 5.32 Å². The third kappa shape index (κ3) is 6.30. The molecule has 0 spiro atoms. The summed E-state index contributed by atoms with van der Waals surface area (Å²) in [5.41, 5.74) is 2.51. The average molecular weight is 572 g/mol. The molecule has 2 fully saturated rings. The van der Waals surface area contributed by atoms with Crippen molar-refractivity contribution in [1.82, 2.24) is 25.1 Å². The largest absolute Gasteiger partial charge is 0.508 e. The standard InChI is InChI=1S/C31H30ClN5O4/c1-2-15-35-21-29(39)36-27(17-22-11-13-26(38)14-12-22)30(40)34(19-24-9-6-10-25(32)16-24)20-28(36)37(35)31(41)33-18-23-7-4-3-5-8-23/h1,3-14,16,27-28,38H,15,17-21H2,(H,33,41)/t27-,28-/m0/s1. The Morgan fingerprint density at radius 2 is 1.73 bits per heavy atom. The van der Waals surface area contributed by atoms with Gasteiger partial charge in [0.2, 0.25) is 11.8 Å². The summed E-state index contributed by atoms with van der Waals surface area (Å²) in [7, 11) is 0. The molecular weight excluding hydrogens is 542 g/mol. The van der Waals surface area contributed by atoms with E-state index in [4.69, 9.17) is 18.0 Å². The van der Waals surface area contributed by atoms with E-state index in [9.17, 15) is 19.5 Å². The van der Waals surface area contributed by atoms with E-state index >= 15 is 0 Å². The predicted molar refractivity (Wildman–Crippen MR) is 154 cm³/mol. The topological polar surface area (TPSA) is 96.4 Å². The second-order valence-electron chi connectivity index (χ2n) is 10.0. The van der Waals surface area contributed by atoms with E-state index in [1.807, 2.05) is 42.5 Å². The number of hydrogen-bond donors (Lipinski definition) is 2. The fraction of sp³-hybridized carbons (Fsp3) is 0.258. The van der Waals surface area contributed by atoms with Crippen LogP contribution in [0.15, 0.2) is 78.9 Å². The number of benzene rings is 3. The van der Waals surface area contributed by atoms with Crippen molar-refractivity contribution in [1.29, 1.82) is 0 Å². The second-order valence-corrected chi connectivity index (χ2v) is 10.5. The van der Waals surface area contributed by atoms with Crippen LogP contribution in [0.5, 0.6) is 5.75 Å². The van der Waals surface area contributed by atoms with Crippen molar-refractivity contribution in [2.75, 3.05) is 19.6 Å². The van der Waals surface area contributed by atoms with Crippen molar-refractivity contribution in [2.45, 2.75) is 31.7 Å². The minimum atomic E-state index is -0.873. The molecule has 210 valence electrons. The van der Waals surface area contributed by atoms with Crippen LogP contribution in [0.1, 0.15) is 16.7 Å². The molecule has 0 unspecified atom stereocenters. The number of nitrogens with zero attached hydrogens (tertiary/aromatic N) is 4. The number of phenolic OH excluding ortho intramolecular Hbond substituents is 1. The van der Waals surface area contributed by atoms with E-state index in [1.54, 1.807) is 46.3 Å². The summed E-state index contributed by atoms with van der Waals surface area (Å²) in [6.07, 6.45) is 5.05. The molecule has 2 heterocycles. The predicted octanol–water partition coefficient (Wildman–Crippen LogP) is 3.23. The first-order valence-electron chi connectivity index (χ1n) is 13.3. The number of piperazine rings is 1. The van der Waals surface area contributed by atoms with Crippen molar-refractivity contribution in [3.05, 3.63) is 101 Å². The fourth-order valence-electron chi connectivity index (χ4n) is 5.35. The van der Waals surface area contributed by atoms with Crippen molar-refractivity contribution in [3.8, 4) is 18.1 Å². The molecule has 0 aromatic heterocycles. The van der Waals surface area contributed by atoms with Gasteiger partial charge in [0.15, 0.2) is 0 Å². The summed E-state index contributed by atoms with van der Waals surface area (Å²) in [4.78, 5) is 44.5. The number of aromatic hydroxyl groups is 1. The number of amides is 4. The zero-order valence-electron chi connectivity index (χ0n) is 22.3. The summed E-state index contributed by atoms with van der Waals surface area (Å²) in [5, 5.41) is 16.3. The quantitative estimate of drug-likeness (QED) is 0.425. The molecule has 4 amide bonds. The Labute approximate surface area is 243 Å². The molecule has 5 rings (SSSR count). The van der Waals surface area contributed by atoms with Crippen LogP contribution >= 0.6 is 11.6 Å². The van der Waals surface area contributed by atoms with E-state index in [1.165, 1.54) is 9.91 Å². The van der Waals surface area contributed by atoms with Gasteiger partial charge in [-0.2, -0.15) is 5.01 Å².